The zero-order chi connectivity index (χ0) is 19.7. The van der Waals surface area contributed by atoms with E-state index in [1.807, 2.05) is 6.07 Å². The summed E-state index contributed by atoms with van der Waals surface area (Å²) in [5.41, 5.74) is 1.59. The van der Waals surface area contributed by atoms with Crippen molar-refractivity contribution in [3.63, 3.8) is 0 Å². The third-order valence-electron chi connectivity index (χ3n) is 4.59. The molecule has 1 heterocycles. The van der Waals surface area contributed by atoms with E-state index in [4.69, 9.17) is 4.74 Å². The molecule has 0 bridgehead atoms. The fourth-order valence-electron chi connectivity index (χ4n) is 3.28. The SMILES string of the molecule is CNC(=O)CN1c2ccccc2C(=O)N(C)[C@@H]1c1cc(Br)cc(OC)c1O. The molecule has 0 saturated carbocycles. The fraction of sp³-hybridized carbons (Fsp3) is 0.263. The highest BCUT2D eigenvalue weighted by atomic mass is 79.9. The molecule has 1 atom stereocenters. The van der Waals surface area contributed by atoms with Crippen LogP contribution in [-0.4, -0.2) is 49.6 Å². The van der Waals surface area contributed by atoms with Crippen LogP contribution in [0.2, 0.25) is 0 Å². The summed E-state index contributed by atoms with van der Waals surface area (Å²) < 4.78 is 5.93. The van der Waals surface area contributed by atoms with Gasteiger partial charge in [-0.1, -0.05) is 28.1 Å². The maximum Gasteiger partial charge on any atom is 0.257 e. The first-order valence-electron chi connectivity index (χ1n) is 8.28. The van der Waals surface area contributed by atoms with Gasteiger partial charge in [-0.25, -0.2) is 0 Å². The van der Waals surface area contributed by atoms with Crippen LogP contribution in [0.1, 0.15) is 22.1 Å². The summed E-state index contributed by atoms with van der Waals surface area (Å²) in [6.45, 7) is 0.0179. The molecule has 8 heteroatoms. The molecule has 0 aliphatic carbocycles. The second-order valence-corrected chi connectivity index (χ2v) is 7.07. The minimum atomic E-state index is -0.684. The third kappa shape index (κ3) is 3.32. The summed E-state index contributed by atoms with van der Waals surface area (Å²) in [6, 6.07) is 10.5. The van der Waals surface area contributed by atoms with Crippen molar-refractivity contribution in [1.29, 1.82) is 0 Å². The van der Waals surface area contributed by atoms with Crippen LogP contribution < -0.4 is 15.0 Å². The number of benzene rings is 2. The van der Waals surface area contributed by atoms with Crippen molar-refractivity contribution in [3.05, 3.63) is 52.0 Å². The smallest absolute Gasteiger partial charge is 0.257 e. The van der Waals surface area contributed by atoms with Crippen LogP contribution in [0.3, 0.4) is 0 Å². The van der Waals surface area contributed by atoms with Crippen LogP contribution in [0.25, 0.3) is 0 Å². The first kappa shape index (κ1) is 19.0. The zero-order valence-corrected chi connectivity index (χ0v) is 16.8. The summed E-state index contributed by atoms with van der Waals surface area (Å²) in [5, 5.41) is 13.3. The Hall–Kier alpha value is -2.74. The Morgan fingerprint density at radius 3 is 2.70 bits per heavy atom. The molecular weight excluding hydrogens is 414 g/mol. The van der Waals surface area contributed by atoms with Crippen LogP contribution >= 0.6 is 15.9 Å². The number of phenols is 1. The minimum Gasteiger partial charge on any atom is -0.504 e. The molecule has 0 saturated heterocycles. The first-order chi connectivity index (χ1) is 12.9. The quantitative estimate of drug-likeness (QED) is 0.773. The normalized spacial score (nSPS) is 16.1. The molecule has 0 radical (unpaired) electrons. The van der Waals surface area contributed by atoms with E-state index in [-0.39, 0.29) is 29.9 Å². The number of methoxy groups -OCH3 is 1. The number of rotatable bonds is 4. The van der Waals surface area contributed by atoms with Crippen molar-refractivity contribution in [2.45, 2.75) is 6.17 Å². The second-order valence-electron chi connectivity index (χ2n) is 6.15. The number of carbonyl (C=O) groups excluding carboxylic acids is 2. The number of nitrogens with zero attached hydrogens (tertiary/aromatic N) is 2. The first-order valence-corrected chi connectivity index (χ1v) is 9.08. The van der Waals surface area contributed by atoms with E-state index in [2.05, 4.69) is 21.2 Å². The minimum absolute atomic E-state index is 0.0179. The Labute approximate surface area is 165 Å². The summed E-state index contributed by atoms with van der Waals surface area (Å²) in [6.07, 6.45) is -0.684. The number of anilines is 1. The maximum atomic E-state index is 12.9. The number of carbonyl (C=O) groups is 2. The molecule has 142 valence electrons. The predicted octanol–water partition coefficient (Wildman–Crippen LogP) is 2.50. The van der Waals surface area contributed by atoms with E-state index >= 15 is 0 Å². The van der Waals surface area contributed by atoms with Gasteiger partial charge in [-0.2, -0.15) is 0 Å². The lowest BCUT2D eigenvalue weighted by atomic mass is 10.0. The molecule has 0 aromatic heterocycles. The molecule has 2 N–H and O–H groups in total. The van der Waals surface area contributed by atoms with Gasteiger partial charge in [-0.05, 0) is 24.3 Å². The second kappa shape index (κ2) is 7.48. The highest BCUT2D eigenvalue weighted by Crippen LogP contribution is 2.44. The number of halogens is 1. The monoisotopic (exact) mass is 433 g/mol. The number of fused-ring (bicyclic) bond motifs is 1. The molecule has 0 unspecified atom stereocenters. The van der Waals surface area contributed by atoms with E-state index < -0.39 is 6.17 Å². The van der Waals surface area contributed by atoms with Gasteiger partial charge < -0.3 is 25.0 Å². The molecule has 2 amide bonds. The molecule has 1 aliphatic rings. The summed E-state index contributed by atoms with van der Waals surface area (Å²) in [5.74, 6) is -0.202. The number of hydrogen-bond acceptors (Lipinski definition) is 5. The van der Waals surface area contributed by atoms with Crippen molar-refractivity contribution in [1.82, 2.24) is 10.2 Å². The Kier molecular flexibility index (Phi) is 5.27. The van der Waals surface area contributed by atoms with Gasteiger partial charge in [-0.15, -0.1) is 0 Å². The Bertz CT molecular complexity index is 903. The highest BCUT2D eigenvalue weighted by Gasteiger charge is 2.39. The largest absolute Gasteiger partial charge is 0.504 e. The topological polar surface area (TPSA) is 82.1 Å². The number of hydrogen-bond donors (Lipinski definition) is 2. The fourth-order valence-corrected chi connectivity index (χ4v) is 3.73. The van der Waals surface area contributed by atoms with E-state index in [1.54, 1.807) is 49.3 Å². The van der Waals surface area contributed by atoms with E-state index in [1.165, 1.54) is 12.0 Å². The van der Waals surface area contributed by atoms with Gasteiger partial charge in [0.25, 0.3) is 5.91 Å². The number of para-hydroxylation sites is 1. The van der Waals surface area contributed by atoms with Crippen LogP contribution in [-0.2, 0) is 4.79 Å². The number of likely N-dealkylation sites (N-methyl/N-ethyl adjacent to an activating group) is 1. The number of aromatic hydroxyl groups is 1. The molecule has 3 rings (SSSR count). The van der Waals surface area contributed by atoms with Crippen molar-refractivity contribution in [3.8, 4) is 11.5 Å². The molecule has 7 nitrogen and oxygen atoms in total. The number of ether oxygens (including phenoxy) is 1. The zero-order valence-electron chi connectivity index (χ0n) is 15.2. The lowest BCUT2D eigenvalue weighted by molar-refractivity contribution is -0.119. The number of phenolic OH excluding ortho intramolecular Hbond substituents is 1. The van der Waals surface area contributed by atoms with Gasteiger partial charge in [0, 0.05) is 24.1 Å². The van der Waals surface area contributed by atoms with E-state index in [0.717, 1.165) is 0 Å². The Balaban J connectivity index is 2.22. The van der Waals surface area contributed by atoms with Gasteiger partial charge in [-0.3, -0.25) is 9.59 Å². The Morgan fingerprint density at radius 1 is 1.33 bits per heavy atom. The standard InChI is InChI=1S/C19H20BrN3O4/c1-21-16(24)10-23-14-7-5-4-6-12(14)19(26)22(2)18(23)13-8-11(20)9-15(27-3)17(13)25/h4-9,18,25H,10H2,1-3H3,(H,21,24)/t18-/m0/s1. The summed E-state index contributed by atoms with van der Waals surface area (Å²) in [7, 11) is 4.66. The van der Waals surface area contributed by atoms with Crippen molar-refractivity contribution in [2.24, 2.45) is 0 Å². The lowest BCUT2D eigenvalue weighted by Crippen LogP contribution is -2.50. The van der Waals surface area contributed by atoms with Gasteiger partial charge in [0.2, 0.25) is 5.91 Å². The molecule has 0 fully saturated rings. The van der Waals surface area contributed by atoms with Gasteiger partial charge in [0.15, 0.2) is 11.5 Å². The van der Waals surface area contributed by atoms with Crippen LogP contribution in [0, 0.1) is 0 Å². The average Bonchev–Trinajstić information content (AvgIpc) is 2.67. The highest BCUT2D eigenvalue weighted by molar-refractivity contribution is 9.10. The van der Waals surface area contributed by atoms with Crippen molar-refractivity contribution >= 4 is 33.4 Å². The predicted molar refractivity (Wildman–Crippen MR) is 105 cm³/mol. The lowest BCUT2D eigenvalue weighted by Gasteiger charge is -2.44. The molecule has 2 aromatic rings. The Morgan fingerprint density at radius 2 is 2.04 bits per heavy atom. The van der Waals surface area contributed by atoms with Crippen LogP contribution in [0.5, 0.6) is 11.5 Å². The number of amides is 2. The molecule has 27 heavy (non-hydrogen) atoms. The summed E-state index contributed by atoms with van der Waals surface area (Å²) in [4.78, 5) is 28.4. The summed E-state index contributed by atoms with van der Waals surface area (Å²) >= 11 is 3.41. The molecule has 1 aliphatic heterocycles. The van der Waals surface area contributed by atoms with Gasteiger partial charge in [0.1, 0.15) is 6.17 Å². The van der Waals surface area contributed by atoms with Crippen LogP contribution in [0.4, 0.5) is 5.69 Å². The number of nitrogens with one attached hydrogen (secondary N) is 1. The maximum absolute atomic E-state index is 12.9. The molecule has 2 aromatic carbocycles. The molecule has 0 spiro atoms. The van der Waals surface area contributed by atoms with Crippen molar-refractivity contribution in [2.75, 3.05) is 32.6 Å². The van der Waals surface area contributed by atoms with Gasteiger partial charge >= 0.3 is 0 Å². The third-order valence-corrected chi connectivity index (χ3v) is 5.04. The average molecular weight is 434 g/mol. The van der Waals surface area contributed by atoms with Crippen LogP contribution in [0.15, 0.2) is 40.9 Å². The molecular formula is C19H20BrN3O4. The van der Waals surface area contributed by atoms with E-state index in [0.29, 0.717) is 21.3 Å². The van der Waals surface area contributed by atoms with E-state index in [9.17, 15) is 14.7 Å². The van der Waals surface area contributed by atoms with Gasteiger partial charge in [0.05, 0.1) is 24.9 Å². The van der Waals surface area contributed by atoms with Crippen molar-refractivity contribution < 1.29 is 19.4 Å².